The van der Waals surface area contributed by atoms with Crippen molar-refractivity contribution in [3.8, 4) is 0 Å². The molecule has 1 aliphatic carbocycles. The van der Waals surface area contributed by atoms with E-state index in [2.05, 4.69) is 0 Å². The molecule has 2 nitrogen and oxygen atoms in total. The Morgan fingerprint density at radius 1 is 1.70 bits per heavy atom. The summed E-state index contributed by atoms with van der Waals surface area (Å²) in [6.07, 6.45) is 6.33. The van der Waals surface area contributed by atoms with Crippen molar-refractivity contribution >= 4 is 5.97 Å². The van der Waals surface area contributed by atoms with Gasteiger partial charge < -0.3 is 9.90 Å². The van der Waals surface area contributed by atoms with Crippen molar-refractivity contribution in [3.05, 3.63) is 12.2 Å². The summed E-state index contributed by atoms with van der Waals surface area (Å²) >= 11 is 0. The molecular weight excluding hydrogens is 128 g/mol. The van der Waals surface area contributed by atoms with Crippen molar-refractivity contribution in [3.63, 3.8) is 0 Å². The molecule has 0 fully saturated rings. The average molecular weight is 139 g/mol. The quantitative estimate of drug-likeness (QED) is 0.496. The summed E-state index contributed by atoms with van der Waals surface area (Å²) in [6.45, 7) is 1.71. The first-order valence-corrected chi connectivity index (χ1v) is 3.54. The number of carboxylic acid groups (broad SMARTS) is 1. The fourth-order valence-corrected chi connectivity index (χ4v) is 1.18. The van der Waals surface area contributed by atoms with Crippen LogP contribution in [0.25, 0.3) is 0 Å². The number of aliphatic carboxylic acids is 1. The lowest BCUT2D eigenvalue weighted by molar-refractivity contribution is -0.316. The Bertz CT molecular complexity index is 172. The zero-order valence-corrected chi connectivity index (χ0v) is 6.09. The Morgan fingerprint density at radius 2 is 2.40 bits per heavy atom. The monoisotopic (exact) mass is 139 g/mol. The topological polar surface area (TPSA) is 40.1 Å². The van der Waals surface area contributed by atoms with Crippen molar-refractivity contribution in [2.75, 3.05) is 0 Å². The van der Waals surface area contributed by atoms with E-state index in [1.54, 1.807) is 13.0 Å². The summed E-state index contributed by atoms with van der Waals surface area (Å²) in [5.74, 6) is -0.955. The molecule has 56 valence electrons. The maximum Gasteiger partial charge on any atom is 0.0511 e. The molecule has 0 aromatic carbocycles. The predicted octanol–water partition coefficient (Wildman–Crippen LogP) is 0.483. The summed E-state index contributed by atoms with van der Waals surface area (Å²) < 4.78 is 0. The van der Waals surface area contributed by atoms with E-state index in [1.807, 2.05) is 6.08 Å². The second kappa shape index (κ2) is 2.45. The molecule has 0 saturated heterocycles. The standard InChI is InChI=1S/C8H12O2/c1-8(7(9)10)5-3-2-4-6-8/h3,5H,2,4,6H2,1H3,(H,9,10)/p-1. The van der Waals surface area contributed by atoms with E-state index in [0.29, 0.717) is 6.42 Å². The summed E-state index contributed by atoms with van der Waals surface area (Å²) in [4.78, 5) is 10.5. The van der Waals surface area contributed by atoms with Crippen LogP contribution in [-0.2, 0) is 4.79 Å². The maximum absolute atomic E-state index is 10.5. The Kier molecular flexibility index (Phi) is 1.79. The van der Waals surface area contributed by atoms with Crippen LogP contribution in [0.3, 0.4) is 0 Å². The predicted molar refractivity (Wildman–Crippen MR) is 36.1 cm³/mol. The minimum Gasteiger partial charge on any atom is -0.549 e. The molecule has 10 heavy (non-hydrogen) atoms. The van der Waals surface area contributed by atoms with Gasteiger partial charge >= 0.3 is 0 Å². The molecule has 0 N–H and O–H groups in total. The van der Waals surface area contributed by atoms with E-state index in [9.17, 15) is 9.90 Å². The van der Waals surface area contributed by atoms with Gasteiger partial charge in [-0.05, 0) is 19.3 Å². The zero-order chi connectivity index (χ0) is 7.61. The SMILES string of the molecule is CC1(C(=O)[O-])C=CCCC1. The Hall–Kier alpha value is -0.790. The van der Waals surface area contributed by atoms with Crippen molar-refractivity contribution in [2.24, 2.45) is 5.41 Å². The molecule has 1 rings (SSSR count). The molecule has 0 aliphatic heterocycles. The maximum atomic E-state index is 10.5. The van der Waals surface area contributed by atoms with E-state index in [1.165, 1.54) is 0 Å². The number of hydrogen-bond acceptors (Lipinski definition) is 2. The molecule has 1 unspecified atom stereocenters. The smallest absolute Gasteiger partial charge is 0.0511 e. The zero-order valence-electron chi connectivity index (χ0n) is 6.09. The van der Waals surface area contributed by atoms with Gasteiger partial charge in [-0.3, -0.25) is 0 Å². The summed E-state index contributed by atoms with van der Waals surface area (Å²) in [6, 6.07) is 0. The van der Waals surface area contributed by atoms with Crippen molar-refractivity contribution in [1.82, 2.24) is 0 Å². The Labute approximate surface area is 60.6 Å². The second-order valence-corrected chi connectivity index (χ2v) is 3.00. The number of rotatable bonds is 1. The van der Waals surface area contributed by atoms with Gasteiger partial charge in [0.25, 0.3) is 0 Å². The largest absolute Gasteiger partial charge is 0.549 e. The lowest BCUT2D eigenvalue weighted by Crippen LogP contribution is -2.39. The average Bonchev–Trinajstić information content (AvgIpc) is 1.89. The van der Waals surface area contributed by atoms with Crippen LogP contribution in [0, 0.1) is 5.41 Å². The van der Waals surface area contributed by atoms with E-state index in [-0.39, 0.29) is 0 Å². The molecule has 0 bridgehead atoms. The van der Waals surface area contributed by atoms with Gasteiger partial charge in [-0.25, -0.2) is 0 Å². The van der Waals surface area contributed by atoms with Gasteiger partial charge in [0, 0.05) is 5.41 Å². The molecule has 0 spiro atoms. The highest BCUT2D eigenvalue weighted by molar-refractivity contribution is 5.74. The van der Waals surface area contributed by atoms with Crippen molar-refractivity contribution in [1.29, 1.82) is 0 Å². The summed E-state index contributed by atoms with van der Waals surface area (Å²) in [5, 5.41) is 10.5. The molecule has 1 atom stereocenters. The molecule has 0 radical (unpaired) electrons. The fraction of sp³-hybridized carbons (Fsp3) is 0.625. The third-order valence-corrected chi connectivity index (χ3v) is 2.02. The fourth-order valence-electron chi connectivity index (χ4n) is 1.18. The summed E-state index contributed by atoms with van der Waals surface area (Å²) in [7, 11) is 0. The lowest BCUT2D eigenvalue weighted by Gasteiger charge is -2.29. The van der Waals surface area contributed by atoms with E-state index >= 15 is 0 Å². The highest BCUT2D eigenvalue weighted by Gasteiger charge is 2.23. The van der Waals surface area contributed by atoms with Crippen LogP contribution in [0.5, 0.6) is 0 Å². The molecule has 0 aromatic heterocycles. The second-order valence-electron chi connectivity index (χ2n) is 3.00. The lowest BCUT2D eigenvalue weighted by atomic mass is 9.81. The van der Waals surface area contributed by atoms with Crippen LogP contribution in [0.1, 0.15) is 26.2 Å². The molecule has 0 saturated carbocycles. The number of allylic oxidation sites excluding steroid dienone is 1. The van der Waals surface area contributed by atoms with Gasteiger partial charge in [-0.15, -0.1) is 0 Å². The van der Waals surface area contributed by atoms with E-state index < -0.39 is 11.4 Å². The van der Waals surface area contributed by atoms with Gasteiger partial charge in [0.15, 0.2) is 0 Å². The minimum absolute atomic E-state index is 0.696. The van der Waals surface area contributed by atoms with Gasteiger partial charge in [-0.2, -0.15) is 0 Å². The van der Waals surface area contributed by atoms with Crippen LogP contribution in [0.15, 0.2) is 12.2 Å². The van der Waals surface area contributed by atoms with Crippen LogP contribution in [0.4, 0.5) is 0 Å². The Balaban J connectivity index is 2.75. The number of hydrogen-bond donors (Lipinski definition) is 0. The number of carbonyl (C=O) groups is 1. The minimum atomic E-state index is -0.955. The van der Waals surface area contributed by atoms with Crippen LogP contribution in [-0.4, -0.2) is 5.97 Å². The normalized spacial score (nSPS) is 32.1. The highest BCUT2D eigenvalue weighted by Crippen LogP contribution is 2.29. The Morgan fingerprint density at radius 3 is 2.70 bits per heavy atom. The molecule has 2 heteroatoms. The first-order valence-electron chi connectivity index (χ1n) is 3.54. The van der Waals surface area contributed by atoms with Crippen molar-refractivity contribution < 1.29 is 9.90 Å². The van der Waals surface area contributed by atoms with E-state index in [4.69, 9.17) is 0 Å². The summed E-state index contributed by atoms with van der Waals surface area (Å²) in [5.41, 5.74) is -0.696. The number of carbonyl (C=O) groups excluding carboxylic acids is 1. The molecule has 0 amide bonds. The first-order chi connectivity index (χ1) is 4.65. The van der Waals surface area contributed by atoms with Crippen LogP contribution in [0.2, 0.25) is 0 Å². The van der Waals surface area contributed by atoms with E-state index in [0.717, 1.165) is 12.8 Å². The van der Waals surface area contributed by atoms with Crippen molar-refractivity contribution in [2.45, 2.75) is 26.2 Å². The van der Waals surface area contributed by atoms with Gasteiger partial charge in [0.05, 0.1) is 5.97 Å². The molecule has 0 aromatic rings. The molecule has 1 aliphatic rings. The third kappa shape index (κ3) is 1.20. The third-order valence-electron chi connectivity index (χ3n) is 2.02. The van der Waals surface area contributed by atoms with Gasteiger partial charge in [0.1, 0.15) is 0 Å². The highest BCUT2D eigenvalue weighted by atomic mass is 16.4. The first kappa shape index (κ1) is 7.32. The van der Waals surface area contributed by atoms with Crippen LogP contribution >= 0.6 is 0 Å². The molecular formula is C8H11O2-. The molecule has 0 heterocycles. The van der Waals surface area contributed by atoms with Crippen LogP contribution < -0.4 is 5.11 Å². The number of carboxylic acids is 1. The van der Waals surface area contributed by atoms with Gasteiger partial charge in [-0.1, -0.05) is 19.1 Å². The van der Waals surface area contributed by atoms with Gasteiger partial charge in [0.2, 0.25) is 0 Å².